The Morgan fingerprint density at radius 1 is 0.240 bits per heavy atom. The summed E-state index contributed by atoms with van der Waals surface area (Å²) >= 11 is 0. The number of nitrogens with zero attached hydrogens (tertiary/aromatic N) is 6. The zero-order valence-corrected chi connectivity index (χ0v) is 40.6. The molecule has 0 aliphatic rings. The van der Waals surface area contributed by atoms with Crippen LogP contribution in [-0.4, -0.2) is 28.7 Å². The summed E-state index contributed by atoms with van der Waals surface area (Å²) in [6.07, 6.45) is 0. The van der Waals surface area contributed by atoms with Crippen molar-refractivity contribution in [1.82, 2.24) is 28.7 Å². The maximum atomic E-state index is 5.55. The highest BCUT2D eigenvalue weighted by Gasteiger charge is 2.25. The molecule has 0 spiro atoms. The molecule has 0 unspecified atom stereocenters. The summed E-state index contributed by atoms with van der Waals surface area (Å²) in [7, 11) is 0. The molecule has 75 heavy (non-hydrogen) atoms. The second-order valence-electron chi connectivity index (χ2n) is 19.2. The minimum atomic E-state index is 0.539. The Bertz CT molecular complexity index is 4680. The lowest BCUT2D eigenvalue weighted by Crippen LogP contribution is -2.07. The van der Waals surface area contributed by atoms with Gasteiger partial charge in [-0.1, -0.05) is 218 Å². The second-order valence-corrected chi connectivity index (χ2v) is 19.2. The van der Waals surface area contributed by atoms with Gasteiger partial charge >= 0.3 is 0 Å². The Morgan fingerprint density at radius 3 is 1.36 bits per heavy atom. The number of aromatic nitrogens is 6. The topological polar surface area (TPSA) is 53.5 Å². The van der Waals surface area contributed by atoms with Crippen LogP contribution in [0.5, 0.6) is 0 Å². The number of hydrogen-bond donors (Lipinski definition) is 0. The minimum Gasteiger partial charge on any atom is -0.309 e. The van der Waals surface area contributed by atoms with Gasteiger partial charge in [0.25, 0.3) is 0 Å². The largest absolute Gasteiger partial charge is 0.309 e. The smallest absolute Gasteiger partial charge is 0.238 e. The van der Waals surface area contributed by atoms with Crippen LogP contribution in [0.2, 0.25) is 0 Å². The Balaban J connectivity index is 0.973. The van der Waals surface area contributed by atoms with Crippen LogP contribution >= 0.6 is 0 Å². The highest BCUT2D eigenvalue weighted by Crippen LogP contribution is 2.44. The first-order valence-electron chi connectivity index (χ1n) is 25.4. The average molecular weight is 957 g/mol. The molecule has 15 rings (SSSR count). The van der Waals surface area contributed by atoms with Gasteiger partial charge in [0.05, 0.1) is 38.8 Å². The van der Waals surface area contributed by atoms with Gasteiger partial charge in [0.2, 0.25) is 5.95 Å². The van der Waals surface area contributed by atoms with Crippen LogP contribution in [0.1, 0.15) is 0 Å². The first-order chi connectivity index (χ1) is 37.2. The second kappa shape index (κ2) is 17.3. The van der Waals surface area contributed by atoms with Gasteiger partial charge in [-0.2, -0.15) is 9.97 Å². The van der Waals surface area contributed by atoms with Crippen LogP contribution in [0.4, 0.5) is 0 Å². The monoisotopic (exact) mass is 956 g/mol. The van der Waals surface area contributed by atoms with Gasteiger partial charge in [-0.15, -0.1) is 0 Å². The van der Waals surface area contributed by atoms with Crippen LogP contribution in [0.3, 0.4) is 0 Å². The first-order valence-corrected chi connectivity index (χ1v) is 25.4. The molecule has 0 radical (unpaired) electrons. The van der Waals surface area contributed by atoms with Crippen LogP contribution in [-0.2, 0) is 0 Å². The number of benzene rings is 11. The lowest BCUT2D eigenvalue weighted by molar-refractivity contribution is 0.953. The molecule has 0 fully saturated rings. The van der Waals surface area contributed by atoms with Gasteiger partial charge in [-0.05, 0) is 76.3 Å². The van der Waals surface area contributed by atoms with E-state index in [4.69, 9.17) is 15.0 Å². The SMILES string of the molecule is c1ccc(-c2ccc(-c3cccc(-c4ccccc4-n4c5ccccc5c5ccc6c7ccccc7n(-c7nc(-c8ccccc8)nc(-c8ccc9c%10ccccc%10n(-c%10ccccc%10)c9c8)n7)c6c54)c3)cc2)cc1. The van der Waals surface area contributed by atoms with E-state index in [1.807, 2.05) is 18.2 Å². The van der Waals surface area contributed by atoms with Crippen molar-refractivity contribution < 1.29 is 0 Å². The van der Waals surface area contributed by atoms with Crippen molar-refractivity contribution >= 4 is 65.4 Å². The summed E-state index contributed by atoms with van der Waals surface area (Å²) in [6, 6.07) is 95.3. The van der Waals surface area contributed by atoms with Crippen LogP contribution < -0.4 is 0 Å². The molecule has 11 aromatic carbocycles. The van der Waals surface area contributed by atoms with Crippen LogP contribution in [0.15, 0.2) is 267 Å². The molecule has 0 saturated heterocycles. The van der Waals surface area contributed by atoms with E-state index in [2.05, 4.69) is 262 Å². The summed E-state index contributed by atoms with van der Waals surface area (Å²) in [5.74, 6) is 1.72. The minimum absolute atomic E-state index is 0.539. The Labute approximate surface area is 432 Å². The van der Waals surface area contributed by atoms with E-state index in [0.717, 1.165) is 99.2 Å². The van der Waals surface area contributed by atoms with Gasteiger partial charge < -0.3 is 9.13 Å². The molecule has 0 bridgehead atoms. The van der Waals surface area contributed by atoms with E-state index in [0.29, 0.717) is 17.6 Å². The third-order valence-electron chi connectivity index (χ3n) is 14.9. The standard InChI is InChI=1S/C69H44N6/c1-4-19-45(20-5-1)46-35-37-47(38-36-46)49-23-18-24-50(43-49)53-27-10-14-31-60(53)74-62-33-16-12-29-55(62)58-41-42-59-56-30-13-17-34-63(56)75(66(59)65(58)74)69-71-67(48-21-6-2-7-22-48)70-68(72-69)51-39-40-57-54-28-11-15-32-61(54)73(64(57)44-51)52-25-8-3-9-26-52/h1-44H. The zero-order chi connectivity index (χ0) is 49.4. The van der Waals surface area contributed by atoms with Crippen molar-refractivity contribution in [3.8, 4) is 73.5 Å². The molecule has 0 aliphatic carbocycles. The van der Waals surface area contributed by atoms with E-state index < -0.39 is 0 Å². The van der Waals surface area contributed by atoms with Crippen LogP contribution in [0, 0.1) is 0 Å². The lowest BCUT2D eigenvalue weighted by atomic mass is 9.96. The van der Waals surface area contributed by atoms with Gasteiger partial charge in [0, 0.05) is 54.7 Å². The molecule has 350 valence electrons. The van der Waals surface area contributed by atoms with Crippen molar-refractivity contribution in [3.63, 3.8) is 0 Å². The molecule has 4 heterocycles. The molecular formula is C69H44N6. The van der Waals surface area contributed by atoms with Gasteiger partial charge in [0.1, 0.15) is 0 Å². The quantitative estimate of drug-likeness (QED) is 0.152. The fourth-order valence-corrected chi connectivity index (χ4v) is 11.5. The summed E-state index contributed by atoms with van der Waals surface area (Å²) in [4.78, 5) is 16.3. The molecule has 0 atom stereocenters. The summed E-state index contributed by atoms with van der Waals surface area (Å²) < 4.78 is 7.09. The average Bonchev–Trinajstić information content (AvgIpc) is 4.21. The summed E-state index contributed by atoms with van der Waals surface area (Å²) in [6.45, 7) is 0. The Morgan fingerprint density at radius 2 is 0.680 bits per heavy atom. The van der Waals surface area contributed by atoms with Crippen LogP contribution in [0.25, 0.3) is 139 Å². The first kappa shape index (κ1) is 42.5. The third kappa shape index (κ3) is 6.92. The fraction of sp³-hybridized carbons (Fsp3) is 0. The lowest BCUT2D eigenvalue weighted by Gasteiger charge is -2.16. The van der Waals surface area contributed by atoms with Crippen molar-refractivity contribution in [1.29, 1.82) is 0 Å². The third-order valence-corrected chi connectivity index (χ3v) is 14.9. The number of rotatable bonds is 8. The highest BCUT2D eigenvalue weighted by atomic mass is 15.2. The molecule has 0 amide bonds. The molecule has 0 N–H and O–H groups in total. The summed E-state index contributed by atoms with van der Waals surface area (Å²) in [5, 5.41) is 6.88. The van der Waals surface area contributed by atoms with Crippen molar-refractivity contribution in [2.24, 2.45) is 0 Å². The molecule has 15 aromatic rings. The predicted molar refractivity (Wildman–Crippen MR) is 310 cm³/mol. The van der Waals surface area contributed by atoms with E-state index >= 15 is 0 Å². The zero-order valence-electron chi connectivity index (χ0n) is 40.6. The molecule has 0 saturated carbocycles. The predicted octanol–water partition coefficient (Wildman–Crippen LogP) is 17.5. The summed E-state index contributed by atoms with van der Waals surface area (Å²) in [5.41, 5.74) is 17.4. The molecule has 4 aromatic heterocycles. The number of fused-ring (bicyclic) bond motifs is 10. The number of para-hydroxylation sites is 5. The number of hydrogen-bond acceptors (Lipinski definition) is 3. The highest BCUT2D eigenvalue weighted by molar-refractivity contribution is 6.24. The van der Waals surface area contributed by atoms with Gasteiger partial charge in [0.15, 0.2) is 11.6 Å². The molecular weight excluding hydrogens is 913 g/mol. The Hall–Kier alpha value is -10.2. The Kier molecular flexibility index (Phi) is 9.78. The van der Waals surface area contributed by atoms with Crippen molar-refractivity contribution in [2.45, 2.75) is 0 Å². The van der Waals surface area contributed by atoms with Gasteiger partial charge in [-0.25, -0.2) is 4.98 Å². The van der Waals surface area contributed by atoms with Crippen molar-refractivity contribution in [2.75, 3.05) is 0 Å². The molecule has 6 nitrogen and oxygen atoms in total. The maximum absolute atomic E-state index is 5.55. The van der Waals surface area contributed by atoms with E-state index in [1.165, 1.54) is 22.1 Å². The van der Waals surface area contributed by atoms with Crippen molar-refractivity contribution in [3.05, 3.63) is 267 Å². The van der Waals surface area contributed by atoms with E-state index in [1.54, 1.807) is 0 Å². The van der Waals surface area contributed by atoms with Gasteiger partial charge in [-0.3, -0.25) is 4.57 Å². The fourth-order valence-electron chi connectivity index (χ4n) is 11.5. The molecule has 0 aliphatic heterocycles. The molecule has 6 heteroatoms. The maximum Gasteiger partial charge on any atom is 0.238 e. The van der Waals surface area contributed by atoms with E-state index in [9.17, 15) is 0 Å². The van der Waals surface area contributed by atoms with E-state index in [-0.39, 0.29) is 0 Å². The normalized spacial score (nSPS) is 11.7.